The van der Waals surface area contributed by atoms with Gasteiger partial charge in [-0.3, -0.25) is 0 Å². The van der Waals surface area contributed by atoms with E-state index in [1.54, 1.807) is 0 Å². The minimum atomic E-state index is 0.621. The van der Waals surface area contributed by atoms with Crippen molar-refractivity contribution in [2.24, 2.45) is 5.92 Å². The first-order valence-corrected chi connectivity index (χ1v) is 7.03. The van der Waals surface area contributed by atoms with Crippen molar-refractivity contribution in [2.45, 2.75) is 33.1 Å². The molecule has 0 spiro atoms. The first-order chi connectivity index (χ1) is 8.13. The Hall–Kier alpha value is -0.240. The highest BCUT2D eigenvalue weighted by Crippen LogP contribution is 2.23. The van der Waals surface area contributed by atoms with Crippen molar-refractivity contribution in [2.75, 3.05) is 13.1 Å². The molecule has 3 heteroatoms. The Morgan fingerprint density at radius 1 is 1.24 bits per heavy atom. The monoisotopic (exact) mass is 273 g/mol. The van der Waals surface area contributed by atoms with Gasteiger partial charge < -0.3 is 5.32 Å². The molecular formula is C14H21Cl2N. The van der Waals surface area contributed by atoms with Gasteiger partial charge in [0.2, 0.25) is 0 Å². The highest BCUT2D eigenvalue weighted by Gasteiger charge is 2.07. The summed E-state index contributed by atoms with van der Waals surface area (Å²) in [5, 5.41) is 5.01. The molecule has 0 amide bonds. The second-order valence-corrected chi connectivity index (χ2v) is 5.43. The molecule has 0 radical (unpaired) electrons. The largest absolute Gasteiger partial charge is 0.317 e. The molecule has 0 aromatic heterocycles. The summed E-state index contributed by atoms with van der Waals surface area (Å²) in [6, 6.07) is 5.68. The van der Waals surface area contributed by atoms with Gasteiger partial charge in [-0.05, 0) is 62.0 Å². The molecule has 0 fully saturated rings. The lowest BCUT2D eigenvalue weighted by Crippen LogP contribution is -2.18. The molecule has 1 aromatic rings. The predicted octanol–water partition coefficient (Wildman–Crippen LogP) is 4.56. The van der Waals surface area contributed by atoms with Crippen LogP contribution in [0.1, 0.15) is 32.3 Å². The molecule has 96 valence electrons. The highest BCUT2D eigenvalue weighted by molar-refractivity contribution is 6.33. The van der Waals surface area contributed by atoms with E-state index in [0.29, 0.717) is 5.92 Å². The third-order valence-electron chi connectivity index (χ3n) is 2.82. The molecule has 0 aliphatic carbocycles. The van der Waals surface area contributed by atoms with Crippen LogP contribution >= 0.6 is 23.2 Å². The second kappa shape index (κ2) is 7.97. The Kier molecular flexibility index (Phi) is 6.94. The summed E-state index contributed by atoms with van der Waals surface area (Å²) >= 11 is 12.1. The Morgan fingerprint density at radius 3 is 2.71 bits per heavy atom. The summed E-state index contributed by atoms with van der Waals surface area (Å²) < 4.78 is 0. The molecule has 0 saturated carbocycles. The SMILES string of the molecule is CCCNCCC(C)Cc1cc(Cl)ccc1Cl. The fourth-order valence-corrected chi connectivity index (χ4v) is 2.22. The lowest BCUT2D eigenvalue weighted by atomic mass is 9.98. The van der Waals surface area contributed by atoms with Crippen LogP contribution in [0.25, 0.3) is 0 Å². The van der Waals surface area contributed by atoms with E-state index in [1.807, 2.05) is 18.2 Å². The van der Waals surface area contributed by atoms with Gasteiger partial charge in [0, 0.05) is 10.0 Å². The number of rotatable bonds is 7. The van der Waals surface area contributed by atoms with Crippen LogP contribution < -0.4 is 5.32 Å². The van der Waals surface area contributed by atoms with E-state index in [-0.39, 0.29) is 0 Å². The van der Waals surface area contributed by atoms with Crippen molar-refractivity contribution >= 4 is 23.2 Å². The highest BCUT2D eigenvalue weighted by atomic mass is 35.5. The lowest BCUT2D eigenvalue weighted by Gasteiger charge is -2.13. The Morgan fingerprint density at radius 2 is 2.00 bits per heavy atom. The molecular weight excluding hydrogens is 253 g/mol. The van der Waals surface area contributed by atoms with Crippen LogP contribution in [0.3, 0.4) is 0 Å². The molecule has 1 unspecified atom stereocenters. The maximum absolute atomic E-state index is 6.15. The average molecular weight is 274 g/mol. The molecule has 1 nitrogen and oxygen atoms in total. The van der Waals surface area contributed by atoms with Gasteiger partial charge >= 0.3 is 0 Å². The van der Waals surface area contributed by atoms with E-state index in [4.69, 9.17) is 23.2 Å². The van der Waals surface area contributed by atoms with Crippen molar-refractivity contribution < 1.29 is 0 Å². The number of nitrogens with one attached hydrogen (secondary N) is 1. The molecule has 1 N–H and O–H groups in total. The van der Waals surface area contributed by atoms with E-state index >= 15 is 0 Å². The molecule has 0 aliphatic rings. The topological polar surface area (TPSA) is 12.0 Å². The normalized spacial score (nSPS) is 12.7. The maximum Gasteiger partial charge on any atom is 0.0439 e. The van der Waals surface area contributed by atoms with Crippen LogP contribution in [0.15, 0.2) is 18.2 Å². The van der Waals surface area contributed by atoms with E-state index in [9.17, 15) is 0 Å². The Labute approximate surface area is 115 Å². The van der Waals surface area contributed by atoms with E-state index in [2.05, 4.69) is 19.2 Å². The van der Waals surface area contributed by atoms with Crippen LogP contribution in [-0.2, 0) is 6.42 Å². The van der Waals surface area contributed by atoms with Crippen LogP contribution in [0.2, 0.25) is 10.0 Å². The van der Waals surface area contributed by atoms with E-state index in [1.165, 1.54) is 12.8 Å². The van der Waals surface area contributed by atoms with Gasteiger partial charge in [0.1, 0.15) is 0 Å². The summed E-state index contributed by atoms with van der Waals surface area (Å²) in [5.74, 6) is 0.621. The standard InChI is InChI=1S/C14H21Cl2N/c1-3-7-17-8-6-11(2)9-12-10-13(15)4-5-14(12)16/h4-5,10-11,17H,3,6-9H2,1-2H3. The van der Waals surface area contributed by atoms with Crippen LogP contribution in [0, 0.1) is 5.92 Å². The van der Waals surface area contributed by atoms with Crippen molar-refractivity contribution in [3.05, 3.63) is 33.8 Å². The molecule has 1 atom stereocenters. The molecule has 0 saturated heterocycles. The quantitative estimate of drug-likeness (QED) is 0.718. The number of hydrogen-bond donors (Lipinski definition) is 1. The van der Waals surface area contributed by atoms with Crippen molar-refractivity contribution in [3.8, 4) is 0 Å². The van der Waals surface area contributed by atoms with Crippen LogP contribution in [-0.4, -0.2) is 13.1 Å². The molecule has 1 rings (SSSR count). The zero-order valence-corrected chi connectivity index (χ0v) is 12.1. The van der Waals surface area contributed by atoms with Gasteiger partial charge in [0.25, 0.3) is 0 Å². The molecule has 0 aliphatic heterocycles. The third kappa shape index (κ3) is 5.76. The summed E-state index contributed by atoms with van der Waals surface area (Å²) in [7, 11) is 0. The lowest BCUT2D eigenvalue weighted by molar-refractivity contribution is 0.498. The fraction of sp³-hybridized carbons (Fsp3) is 0.571. The van der Waals surface area contributed by atoms with Gasteiger partial charge in [-0.2, -0.15) is 0 Å². The second-order valence-electron chi connectivity index (χ2n) is 4.58. The number of hydrogen-bond acceptors (Lipinski definition) is 1. The van der Waals surface area contributed by atoms with E-state index in [0.717, 1.165) is 35.1 Å². The first-order valence-electron chi connectivity index (χ1n) is 6.28. The minimum absolute atomic E-state index is 0.621. The van der Waals surface area contributed by atoms with Gasteiger partial charge in [-0.25, -0.2) is 0 Å². The summed E-state index contributed by atoms with van der Waals surface area (Å²) in [5.41, 5.74) is 1.15. The summed E-state index contributed by atoms with van der Waals surface area (Å²) in [4.78, 5) is 0. The fourth-order valence-electron chi connectivity index (χ4n) is 1.83. The maximum atomic E-state index is 6.15. The first kappa shape index (κ1) is 14.8. The van der Waals surface area contributed by atoms with Crippen LogP contribution in [0.5, 0.6) is 0 Å². The third-order valence-corrected chi connectivity index (χ3v) is 3.42. The zero-order chi connectivity index (χ0) is 12.7. The van der Waals surface area contributed by atoms with Crippen LogP contribution in [0.4, 0.5) is 0 Å². The molecule has 17 heavy (non-hydrogen) atoms. The van der Waals surface area contributed by atoms with Gasteiger partial charge in [0.05, 0.1) is 0 Å². The average Bonchev–Trinajstić information content (AvgIpc) is 2.29. The van der Waals surface area contributed by atoms with Crippen molar-refractivity contribution in [1.29, 1.82) is 0 Å². The van der Waals surface area contributed by atoms with Gasteiger partial charge in [-0.15, -0.1) is 0 Å². The summed E-state index contributed by atoms with van der Waals surface area (Å²) in [6.07, 6.45) is 3.35. The van der Waals surface area contributed by atoms with Crippen molar-refractivity contribution in [3.63, 3.8) is 0 Å². The smallest absolute Gasteiger partial charge is 0.0439 e. The van der Waals surface area contributed by atoms with Gasteiger partial charge in [0.15, 0.2) is 0 Å². The molecule has 0 bridgehead atoms. The molecule has 1 aromatic carbocycles. The molecule has 0 heterocycles. The Balaban J connectivity index is 2.39. The van der Waals surface area contributed by atoms with Crippen molar-refractivity contribution in [1.82, 2.24) is 5.32 Å². The zero-order valence-electron chi connectivity index (χ0n) is 10.6. The number of benzene rings is 1. The number of halogens is 2. The minimum Gasteiger partial charge on any atom is -0.317 e. The summed E-state index contributed by atoms with van der Waals surface area (Å²) in [6.45, 7) is 6.62. The van der Waals surface area contributed by atoms with Gasteiger partial charge in [-0.1, -0.05) is 37.0 Å². The predicted molar refractivity (Wildman–Crippen MR) is 77.1 cm³/mol. The Bertz CT molecular complexity index is 339. The van der Waals surface area contributed by atoms with E-state index < -0.39 is 0 Å².